The second-order valence-electron chi connectivity index (χ2n) is 3.55. The Morgan fingerprint density at radius 1 is 1.33 bits per heavy atom. The highest BCUT2D eigenvalue weighted by Crippen LogP contribution is 2.16. The summed E-state index contributed by atoms with van der Waals surface area (Å²) < 4.78 is 0. The molecule has 0 heterocycles. The summed E-state index contributed by atoms with van der Waals surface area (Å²) in [5.41, 5.74) is 1.38. The summed E-state index contributed by atoms with van der Waals surface area (Å²) in [6.45, 7) is 8.38. The van der Waals surface area contributed by atoms with Crippen molar-refractivity contribution in [1.29, 1.82) is 0 Å². The number of hydrogen-bond acceptors (Lipinski definition) is 0. The lowest BCUT2D eigenvalue weighted by molar-refractivity contribution is 0.709. The van der Waals surface area contributed by atoms with Crippen molar-refractivity contribution in [3.05, 3.63) is 11.6 Å². The summed E-state index contributed by atoms with van der Waals surface area (Å²) in [4.78, 5) is 0. The fourth-order valence-electron chi connectivity index (χ4n) is 1.27. The predicted molar refractivity (Wildman–Crippen MR) is 71.9 cm³/mol. The van der Waals surface area contributed by atoms with E-state index < -0.39 is 0 Å². The van der Waals surface area contributed by atoms with E-state index in [2.05, 4.69) is 31.8 Å². The predicted octanol–water partition coefficient (Wildman–Crippen LogP) is 5.20. The summed E-state index contributed by atoms with van der Waals surface area (Å²) in [5.74, 6) is 7.13. The topological polar surface area (TPSA) is 0 Å². The van der Waals surface area contributed by atoms with E-state index in [1.165, 1.54) is 37.7 Å². The van der Waals surface area contributed by atoms with Gasteiger partial charge in [-0.05, 0) is 37.7 Å². The molecule has 0 aromatic heterocycles. The van der Waals surface area contributed by atoms with Crippen LogP contribution in [0.5, 0.6) is 0 Å². The Morgan fingerprint density at radius 2 is 2.00 bits per heavy atom. The van der Waals surface area contributed by atoms with Gasteiger partial charge in [-0.3, -0.25) is 0 Å². The van der Waals surface area contributed by atoms with Crippen LogP contribution in [0.4, 0.5) is 0 Å². The maximum atomic E-state index is 3.28. The monoisotopic (exact) mass is 208 g/mol. The fourth-order valence-corrected chi connectivity index (χ4v) is 1.27. The van der Waals surface area contributed by atoms with Gasteiger partial charge in [-0.25, -0.2) is 0 Å². The Morgan fingerprint density at radius 3 is 2.47 bits per heavy atom. The molecule has 0 bridgehead atoms. The van der Waals surface area contributed by atoms with E-state index in [0.29, 0.717) is 5.92 Å². The molecule has 1 aliphatic rings. The van der Waals surface area contributed by atoms with Crippen LogP contribution in [-0.4, -0.2) is 0 Å². The second kappa shape index (κ2) is 11.4. The van der Waals surface area contributed by atoms with Crippen molar-refractivity contribution in [2.75, 3.05) is 0 Å². The van der Waals surface area contributed by atoms with Crippen LogP contribution < -0.4 is 0 Å². The van der Waals surface area contributed by atoms with Gasteiger partial charge in [0, 0.05) is 5.92 Å². The minimum absolute atomic E-state index is 0. The molecule has 1 unspecified atom stereocenters. The first-order valence-corrected chi connectivity index (χ1v) is 6.03. The third-order valence-electron chi connectivity index (χ3n) is 2.38. The molecule has 15 heavy (non-hydrogen) atoms. The van der Waals surface area contributed by atoms with E-state index in [1.807, 2.05) is 13.8 Å². The first-order valence-electron chi connectivity index (χ1n) is 6.03. The first-order chi connectivity index (χ1) is 6.83. The molecule has 0 N–H and O–H groups in total. The van der Waals surface area contributed by atoms with Gasteiger partial charge in [0.25, 0.3) is 0 Å². The molecule has 0 fully saturated rings. The van der Waals surface area contributed by atoms with Crippen molar-refractivity contribution in [3.63, 3.8) is 0 Å². The SMILES string of the molecule is C.CC.CCC(C)C#CC1=CCCCC1. The van der Waals surface area contributed by atoms with Gasteiger partial charge < -0.3 is 0 Å². The molecule has 0 heteroatoms. The van der Waals surface area contributed by atoms with Crippen molar-refractivity contribution in [2.24, 2.45) is 5.92 Å². The lowest BCUT2D eigenvalue weighted by Gasteiger charge is -2.06. The average Bonchev–Trinajstić information content (AvgIpc) is 2.30. The molecule has 0 radical (unpaired) electrons. The van der Waals surface area contributed by atoms with Crippen LogP contribution in [0.2, 0.25) is 0 Å². The molecular formula is C15H28. The minimum Gasteiger partial charge on any atom is -0.0951 e. The van der Waals surface area contributed by atoms with E-state index in [4.69, 9.17) is 0 Å². The summed E-state index contributed by atoms with van der Waals surface area (Å²) in [7, 11) is 0. The standard InChI is InChI=1S/C12H18.C2H6.CH4/c1-3-11(2)9-10-12-7-5-4-6-8-12;1-2;/h7,11H,3-6,8H2,1-2H3;1-2H3;1H4. The van der Waals surface area contributed by atoms with Crippen LogP contribution >= 0.6 is 0 Å². The Balaban J connectivity index is 0. The molecule has 0 saturated heterocycles. The molecule has 0 amide bonds. The van der Waals surface area contributed by atoms with Crippen LogP contribution in [0, 0.1) is 17.8 Å². The molecule has 0 spiro atoms. The van der Waals surface area contributed by atoms with Gasteiger partial charge in [0.1, 0.15) is 0 Å². The zero-order chi connectivity index (χ0) is 10.8. The van der Waals surface area contributed by atoms with E-state index in [-0.39, 0.29) is 7.43 Å². The van der Waals surface area contributed by atoms with Gasteiger partial charge in [0.2, 0.25) is 0 Å². The van der Waals surface area contributed by atoms with Crippen LogP contribution in [0.3, 0.4) is 0 Å². The van der Waals surface area contributed by atoms with E-state index in [0.717, 1.165) is 0 Å². The summed E-state index contributed by atoms with van der Waals surface area (Å²) in [5, 5.41) is 0. The third-order valence-corrected chi connectivity index (χ3v) is 2.38. The minimum atomic E-state index is 0. The van der Waals surface area contributed by atoms with Crippen molar-refractivity contribution < 1.29 is 0 Å². The summed E-state index contributed by atoms with van der Waals surface area (Å²) in [6.07, 6.45) is 8.61. The maximum Gasteiger partial charge on any atom is 0.0175 e. The molecule has 0 saturated carbocycles. The molecular weight excluding hydrogens is 180 g/mol. The molecule has 1 aliphatic carbocycles. The van der Waals surface area contributed by atoms with Crippen molar-refractivity contribution in [2.45, 2.75) is 67.2 Å². The van der Waals surface area contributed by atoms with Gasteiger partial charge >= 0.3 is 0 Å². The van der Waals surface area contributed by atoms with Crippen molar-refractivity contribution in [1.82, 2.24) is 0 Å². The normalized spacial score (nSPS) is 15.6. The molecule has 88 valence electrons. The highest BCUT2D eigenvalue weighted by Gasteiger charge is 1.99. The molecule has 0 nitrogen and oxygen atoms in total. The Kier molecular flexibility index (Phi) is 12.7. The van der Waals surface area contributed by atoms with Crippen LogP contribution in [0.25, 0.3) is 0 Å². The quantitative estimate of drug-likeness (QED) is 0.520. The van der Waals surface area contributed by atoms with E-state index in [9.17, 15) is 0 Å². The second-order valence-corrected chi connectivity index (χ2v) is 3.55. The largest absolute Gasteiger partial charge is 0.0951 e. The Hall–Kier alpha value is -0.700. The van der Waals surface area contributed by atoms with Gasteiger partial charge in [-0.15, -0.1) is 0 Å². The average molecular weight is 208 g/mol. The zero-order valence-corrected chi connectivity index (χ0v) is 10.2. The van der Waals surface area contributed by atoms with Gasteiger partial charge in [-0.2, -0.15) is 0 Å². The molecule has 0 aromatic carbocycles. The smallest absolute Gasteiger partial charge is 0.0175 e. The molecule has 0 aliphatic heterocycles. The van der Waals surface area contributed by atoms with E-state index in [1.54, 1.807) is 0 Å². The van der Waals surface area contributed by atoms with Gasteiger partial charge in [0.05, 0.1) is 0 Å². The Labute approximate surface area is 97.2 Å². The summed E-state index contributed by atoms with van der Waals surface area (Å²) >= 11 is 0. The zero-order valence-electron chi connectivity index (χ0n) is 10.2. The maximum absolute atomic E-state index is 3.28. The number of rotatable bonds is 1. The number of allylic oxidation sites excluding steroid dienone is 2. The highest BCUT2D eigenvalue weighted by atomic mass is 14.0. The van der Waals surface area contributed by atoms with E-state index >= 15 is 0 Å². The lowest BCUT2D eigenvalue weighted by atomic mass is 9.99. The Bertz CT molecular complexity index is 212. The van der Waals surface area contributed by atoms with Gasteiger partial charge in [-0.1, -0.05) is 53.0 Å². The van der Waals surface area contributed by atoms with Crippen LogP contribution in [0.15, 0.2) is 11.6 Å². The first kappa shape index (κ1) is 16.7. The van der Waals surface area contributed by atoms with Gasteiger partial charge in [0.15, 0.2) is 0 Å². The molecule has 0 aromatic rings. The molecule has 1 atom stereocenters. The summed E-state index contributed by atoms with van der Waals surface area (Å²) in [6, 6.07) is 0. The highest BCUT2D eigenvalue weighted by molar-refractivity contribution is 5.30. The number of hydrogen-bond donors (Lipinski definition) is 0. The van der Waals surface area contributed by atoms with Crippen LogP contribution in [0.1, 0.15) is 67.2 Å². The molecule has 1 rings (SSSR count). The third kappa shape index (κ3) is 8.30. The fraction of sp³-hybridized carbons (Fsp3) is 0.733. The van der Waals surface area contributed by atoms with Crippen molar-refractivity contribution in [3.8, 4) is 11.8 Å². The van der Waals surface area contributed by atoms with Crippen LogP contribution in [-0.2, 0) is 0 Å². The lowest BCUT2D eigenvalue weighted by Crippen LogP contribution is -1.90. The van der Waals surface area contributed by atoms with Crippen molar-refractivity contribution >= 4 is 0 Å².